The van der Waals surface area contributed by atoms with E-state index >= 15 is 0 Å². The Morgan fingerprint density at radius 2 is 1.97 bits per heavy atom. The number of pyridine rings is 1. The van der Waals surface area contributed by atoms with Crippen LogP contribution in [0.25, 0.3) is 0 Å². The van der Waals surface area contributed by atoms with Crippen molar-refractivity contribution in [3.8, 4) is 0 Å². The number of para-hydroxylation sites is 1. The molecule has 0 radical (unpaired) electrons. The van der Waals surface area contributed by atoms with Crippen LogP contribution in [0.4, 0.5) is 11.5 Å². The van der Waals surface area contributed by atoms with E-state index in [9.17, 15) is 4.79 Å². The van der Waals surface area contributed by atoms with Crippen LogP contribution in [-0.2, 0) is 4.79 Å². The lowest BCUT2D eigenvalue weighted by Crippen LogP contribution is -2.36. The first-order chi connectivity index (χ1) is 14.0. The second kappa shape index (κ2) is 10.1. The first-order valence-electron chi connectivity index (χ1n) is 10.3. The third kappa shape index (κ3) is 6.06. The minimum Gasteiger partial charge on any atom is -0.400 e. The number of carbonyl (C=O) groups excluding carboxylic acids is 1. The molecule has 1 fully saturated rings. The van der Waals surface area contributed by atoms with Crippen LogP contribution in [-0.4, -0.2) is 35.4 Å². The summed E-state index contributed by atoms with van der Waals surface area (Å²) in [6, 6.07) is 14.0. The third-order valence-electron chi connectivity index (χ3n) is 5.33. The average Bonchev–Trinajstić information content (AvgIpc) is 2.74. The maximum absolute atomic E-state index is 11.6. The zero-order valence-electron chi connectivity index (χ0n) is 17.3. The number of likely N-dealkylation sites (tertiary alicyclic amines) is 1. The average molecular weight is 394 g/mol. The van der Waals surface area contributed by atoms with Crippen molar-refractivity contribution in [1.82, 2.24) is 9.88 Å². The van der Waals surface area contributed by atoms with E-state index in [1.54, 1.807) is 0 Å². The zero-order valence-corrected chi connectivity index (χ0v) is 17.3. The molecule has 4 N–H and O–H groups in total. The van der Waals surface area contributed by atoms with Gasteiger partial charge >= 0.3 is 0 Å². The summed E-state index contributed by atoms with van der Waals surface area (Å²) >= 11 is 0. The largest absolute Gasteiger partial charge is 0.400 e. The Kier molecular flexibility index (Phi) is 7.25. The number of anilines is 2. The molecule has 0 aliphatic carbocycles. The summed E-state index contributed by atoms with van der Waals surface area (Å²) in [7, 11) is 0. The predicted molar refractivity (Wildman–Crippen MR) is 119 cm³/mol. The van der Waals surface area contributed by atoms with Crippen molar-refractivity contribution in [3.63, 3.8) is 0 Å². The zero-order chi connectivity index (χ0) is 20.6. The molecule has 0 unspecified atom stereocenters. The van der Waals surface area contributed by atoms with Crippen molar-refractivity contribution >= 4 is 17.4 Å². The molecule has 154 valence electrons. The van der Waals surface area contributed by atoms with Gasteiger partial charge in [-0.3, -0.25) is 9.69 Å². The molecule has 29 heavy (non-hydrogen) atoms. The van der Waals surface area contributed by atoms with E-state index in [0.717, 1.165) is 49.6 Å². The van der Waals surface area contributed by atoms with Crippen LogP contribution in [0.5, 0.6) is 0 Å². The molecule has 1 saturated heterocycles. The molecule has 1 amide bonds. The molecule has 6 nitrogen and oxygen atoms in total. The summed E-state index contributed by atoms with van der Waals surface area (Å²) in [6.07, 6.45) is 4.43. The maximum atomic E-state index is 11.6. The van der Waals surface area contributed by atoms with Crippen molar-refractivity contribution in [2.45, 2.75) is 39.0 Å². The number of hydrogen-bond acceptors (Lipinski definition) is 5. The monoisotopic (exact) mass is 393 g/mol. The standard InChI is InChI=1S/C23H31N5O/c1-3-23(29)27-22-10-6-9-21(26-22)18-11-13-28(14-12-18)16-19(24)15-25-20-8-5-4-7-17(20)2/h4-10,15,18,25H,3,11-14,16,24H2,1-2H3,(H,26,27,29)/b19-15-. The molecule has 1 aromatic carbocycles. The summed E-state index contributed by atoms with van der Waals surface area (Å²) in [5.41, 5.74) is 10.4. The van der Waals surface area contributed by atoms with Crippen LogP contribution >= 0.6 is 0 Å². The maximum Gasteiger partial charge on any atom is 0.225 e. The topological polar surface area (TPSA) is 83.3 Å². The van der Waals surface area contributed by atoms with Gasteiger partial charge in [-0.15, -0.1) is 0 Å². The third-order valence-corrected chi connectivity index (χ3v) is 5.33. The van der Waals surface area contributed by atoms with Gasteiger partial charge in [0.05, 0.1) is 0 Å². The molecule has 3 rings (SSSR count). The second-order valence-electron chi connectivity index (χ2n) is 7.58. The van der Waals surface area contributed by atoms with Gasteiger partial charge in [-0.05, 0) is 56.6 Å². The highest BCUT2D eigenvalue weighted by Crippen LogP contribution is 2.27. The Hall–Kier alpha value is -2.86. The smallest absolute Gasteiger partial charge is 0.225 e. The number of aryl methyl sites for hydroxylation is 1. The molecule has 2 aromatic rings. The highest BCUT2D eigenvalue weighted by Gasteiger charge is 2.22. The summed E-state index contributed by atoms with van der Waals surface area (Å²) < 4.78 is 0. The lowest BCUT2D eigenvalue weighted by Gasteiger charge is -2.31. The van der Waals surface area contributed by atoms with Crippen LogP contribution in [0.2, 0.25) is 0 Å². The van der Waals surface area contributed by atoms with E-state index in [4.69, 9.17) is 5.73 Å². The van der Waals surface area contributed by atoms with Gasteiger partial charge in [0.1, 0.15) is 5.82 Å². The van der Waals surface area contributed by atoms with Crippen molar-refractivity contribution in [3.05, 3.63) is 65.6 Å². The Labute approximate surface area is 173 Å². The Morgan fingerprint density at radius 1 is 1.21 bits per heavy atom. The number of carbonyl (C=O) groups is 1. The minimum absolute atomic E-state index is 0.00830. The van der Waals surface area contributed by atoms with Crippen molar-refractivity contribution in [2.24, 2.45) is 5.73 Å². The van der Waals surface area contributed by atoms with E-state index in [2.05, 4.69) is 45.6 Å². The number of hydrogen-bond donors (Lipinski definition) is 3. The number of nitrogens with two attached hydrogens (primary N) is 1. The van der Waals surface area contributed by atoms with E-state index in [1.807, 2.05) is 37.4 Å². The fourth-order valence-electron chi connectivity index (χ4n) is 3.58. The van der Waals surface area contributed by atoms with Crippen molar-refractivity contribution in [2.75, 3.05) is 30.3 Å². The molecule has 2 heterocycles. The van der Waals surface area contributed by atoms with Crippen molar-refractivity contribution < 1.29 is 4.79 Å². The molecule has 1 aliphatic rings. The minimum atomic E-state index is -0.00830. The van der Waals surface area contributed by atoms with E-state index in [-0.39, 0.29) is 5.91 Å². The number of piperidine rings is 1. The van der Waals surface area contributed by atoms with Gasteiger partial charge in [0.15, 0.2) is 0 Å². The van der Waals surface area contributed by atoms with Crippen LogP contribution < -0.4 is 16.4 Å². The van der Waals surface area contributed by atoms with Gasteiger partial charge in [-0.2, -0.15) is 0 Å². The van der Waals surface area contributed by atoms with Crippen LogP contribution in [0, 0.1) is 6.92 Å². The van der Waals surface area contributed by atoms with Crippen LogP contribution in [0.15, 0.2) is 54.4 Å². The summed E-state index contributed by atoms with van der Waals surface area (Å²) in [5.74, 6) is 1.05. The molecule has 0 bridgehead atoms. The van der Waals surface area contributed by atoms with Crippen molar-refractivity contribution in [1.29, 1.82) is 0 Å². The Bertz CT molecular complexity index is 856. The molecule has 6 heteroatoms. The number of amides is 1. The Morgan fingerprint density at radius 3 is 2.69 bits per heavy atom. The second-order valence-corrected chi connectivity index (χ2v) is 7.58. The molecule has 1 aliphatic heterocycles. The van der Waals surface area contributed by atoms with Gasteiger partial charge in [-0.1, -0.05) is 31.2 Å². The first kappa shape index (κ1) is 20.9. The SMILES string of the molecule is CCC(=O)Nc1cccc(C2CCN(C/C(N)=C/Nc3ccccc3C)CC2)n1. The van der Waals surface area contributed by atoms with E-state index < -0.39 is 0 Å². The summed E-state index contributed by atoms with van der Waals surface area (Å²) in [5, 5.41) is 6.15. The van der Waals surface area contributed by atoms with E-state index in [1.165, 1.54) is 5.56 Å². The number of nitrogens with one attached hydrogen (secondary N) is 2. The van der Waals surface area contributed by atoms with Gasteiger partial charge in [-0.25, -0.2) is 4.98 Å². The molecule has 0 atom stereocenters. The lowest BCUT2D eigenvalue weighted by atomic mass is 9.93. The normalized spacial score (nSPS) is 15.9. The Balaban J connectivity index is 1.50. The van der Waals surface area contributed by atoms with Gasteiger partial charge in [0.2, 0.25) is 5.91 Å². The summed E-state index contributed by atoms with van der Waals surface area (Å²) in [6.45, 7) is 6.64. The van der Waals surface area contributed by atoms with Gasteiger partial charge in [0.25, 0.3) is 0 Å². The molecule has 0 saturated carbocycles. The highest BCUT2D eigenvalue weighted by molar-refractivity contribution is 5.89. The first-order valence-corrected chi connectivity index (χ1v) is 10.3. The number of benzene rings is 1. The highest BCUT2D eigenvalue weighted by atomic mass is 16.1. The lowest BCUT2D eigenvalue weighted by molar-refractivity contribution is -0.115. The quantitative estimate of drug-likeness (QED) is 0.666. The number of nitrogens with zero attached hydrogens (tertiary/aromatic N) is 2. The number of rotatable bonds is 7. The predicted octanol–water partition coefficient (Wildman–Crippen LogP) is 3.83. The summed E-state index contributed by atoms with van der Waals surface area (Å²) in [4.78, 5) is 18.6. The van der Waals surface area contributed by atoms with E-state index in [0.29, 0.717) is 18.2 Å². The number of aromatic nitrogens is 1. The fourth-order valence-corrected chi connectivity index (χ4v) is 3.58. The van der Waals surface area contributed by atoms with Gasteiger partial charge < -0.3 is 16.4 Å². The van der Waals surface area contributed by atoms with Crippen LogP contribution in [0.1, 0.15) is 43.4 Å². The van der Waals surface area contributed by atoms with Gasteiger partial charge in [0, 0.05) is 42.2 Å². The fraction of sp³-hybridized carbons (Fsp3) is 0.391. The molecule has 0 spiro atoms. The molecule has 1 aromatic heterocycles. The van der Waals surface area contributed by atoms with Crippen LogP contribution in [0.3, 0.4) is 0 Å². The molecular weight excluding hydrogens is 362 g/mol. The molecular formula is C23H31N5O.